The molecule has 1 heterocycles. The number of nitrogens with zero attached hydrogens (tertiary/aromatic N) is 1. The average molecular weight is 336 g/mol. The molecule has 2 aromatic rings. The molecule has 1 atom stereocenters. The van der Waals surface area contributed by atoms with E-state index in [0.717, 1.165) is 23.2 Å². The highest BCUT2D eigenvalue weighted by Gasteiger charge is 2.37. The van der Waals surface area contributed by atoms with Crippen molar-refractivity contribution in [3.8, 4) is 0 Å². The molecule has 1 aliphatic rings. The van der Waals surface area contributed by atoms with E-state index in [1.807, 2.05) is 62.4 Å². The Kier molecular flexibility index (Phi) is 5.17. The number of carbonyl (C=O) groups is 2. The summed E-state index contributed by atoms with van der Waals surface area (Å²) in [6.07, 6.45) is 1.34. The van der Waals surface area contributed by atoms with Crippen LogP contribution in [0.25, 0.3) is 0 Å². The number of rotatable bonds is 5. The van der Waals surface area contributed by atoms with Crippen LogP contribution in [0.3, 0.4) is 0 Å². The average Bonchev–Trinajstić information content (AvgIpc) is 3.00. The zero-order chi connectivity index (χ0) is 17.8. The van der Waals surface area contributed by atoms with E-state index in [9.17, 15) is 9.59 Å². The first kappa shape index (κ1) is 17.2. The van der Waals surface area contributed by atoms with E-state index in [1.165, 1.54) is 5.56 Å². The smallest absolute Gasteiger partial charge is 0.239 e. The Morgan fingerprint density at radius 2 is 1.88 bits per heavy atom. The van der Waals surface area contributed by atoms with Crippen molar-refractivity contribution in [3.05, 3.63) is 65.2 Å². The van der Waals surface area contributed by atoms with Gasteiger partial charge in [-0.25, -0.2) is 0 Å². The lowest BCUT2D eigenvalue weighted by Gasteiger charge is -2.20. The van der Waals surface area contributed by atoms with Crippen LogP contribution in [-0.2, 0) is 16.0 Å². The lowest BCUT2D eigenvalue weighted by atomic mass is 10.1. The number of amides is 2. The largest absolute Gasteiger partial charge is 0.355 e. The van der Waals surface area contributed by atoms with Gasteiger partial charge in [-0.2, -0.15) is 0 Å². The molecule has 0 spiro atoms. The maximum Gasteiger partial charge on any atom is 0.239 e. The first-order valence-corrected chi connectivity index (χ1v) is 8.77. The van der Waals surface area contributed by atoms with Gasteiger partial charge < -0.3 is 10.2 Å². The molecule has 3 rings (SSSR count). The van der Waals surface area contributed by atoms with Gasteiger partial charge >= 0.3 is 0 Å². The Bertz CT molecular complexity index is 771. The Morgan fingerprint density at radius 1 is 1.12 bits per heavy atom. The highest BCUT2D eigenvalue weighted by atomic mass is 16.2. The van der Waals surface area contributed by atoms with Crippen molar-refractivity contribution in [3.63, 3.8) is 0 Å². The van der Waals surface area contributed by atoms with Crippen LogP contribution in [0, 0.1) is 19.8 Å². The minimum absolute atomic E-state index is 0.0917. The Hall–Kier alpha value is -2.62. The van der Waals surface area contributed by atoms with Gasteiger partial charge in [0.05, 0.1) is 0 Å². The molecule has 4 nitrogen and oxygen atoms in total. The molecule has 4 heteroatoms. The summed E-state index contributed by atoms with van der Waals surface area (Å²) in [5, 5.41) is 2.92. The zero-order valence-electron chi connectivity index (χ0n) is 14.8. The molecule has 0 saturated carbocycles. The quantitative estimate of drug-likeness (QED) is 0.853. The molecule has 25 heavy (non-hydrogen) atoms. The molecule has 0 aromatic heterocycles. The van der Waals surface area contributed by atoms with Gasteiger partial charge in [-0.3, -0.25) is 9.59 Å². The first-order chi connectivity index (χ1) is 12.1. The number of aryl methyl sites for hydroxylation is 1. The van der Waals surface area contributed by atoms with Crippen molar-refractivity contribution in [2.75, 3.05) is 18.0 Å². The van der Waals surface area contributed by atoms with Crippen LogP contribution < -0.4 is 10.2 Å². The Morgan fingerprint density at radius 3 is 2.64 bits per heavy atom. The minimum atomic E-state index is -0.573. The van der Waals surface area contributed by atoms with Gasteiger partial charge in [-0.05, 0) is 49.4 Å². The van der Waals surface area contributed by atoms with Crippen molar-refractivity contribution < 1.29 is 9.59 Å². The number of benzene rings is 2. The number of nitrogens with one attached hydrogen (secondary N) is 1. The fourth-order valence-electron chi connectivity index (χ4n) is 3.29. The van der Waals surface area contributed by atoms with Gasteiger partial charge in [0, 0.05) is 18.8 Å². The van der Waals surface area contributed by atoms with Gasteiger partial charge in [0.15, 0.2) is 0 Å². The van der Waals surface area contributed by atoms with Crippen molar-refractivity contribution in [2.24, 2.45) is 5.92 Å². The summed E-state index contributed by atoms with van der Waals surface area (Å²) in [6, 6.07) is 16.0. The van der Waals surface area contributed by atoms with Crippen LogP contribution in [-0.4, -0.2) is 24.9 Å². The van der Waals surface area contributed by atoms with Crippen molar-refractivity contribution in [2.45, 2.75) is 26.7 Å². The second-order valence-corrected chi connectivity index (χ2v) is 6.58. The van der Waals surface area contributed by atoms with Crippen LogP contribution in [0.4, 0.5) is 5.69 Å². The highest BCUT2D eigenvalue weighted by Crippen LogP contribution is 2.29. The molecule has 2 amide bonds. The van der Waals surface area contributed by atoms with Gasteiger partial charge in [-0.15, -0.1) is 0 Å². The van der Waals surface area contributed by atoms with E-state index in [0.29, 0.717) is 19.5 Å². The summed E-state index contributed by atoms with van der Waals surface area (Å²) in [6.45, 7) is 5.20. The third-order valence-corrected chi connectivity index (χ3v) is 4.94. The van der Waals surface area contributed by atoms with E-state index >= 15 is 0 Å². The van der Waals surface area contributed by atoms with Crippen molar-refractivity contribution >= 4 is 17.5 Å². The van der Waals surface area contributed by atoms with Crippen LogP contribution in [0.15, 0.2) is 48.5 Å². The van der Waals surface area contributed by atoms with E-state index in [4.69, 9.17) is 0 Å². The molecule has 1 fully saturated rings. The monoisotopic (exact) mass is 336 g/mol. The van der Waals surface area contributed by atoms with Crippen molar-refractivity contribution in [1.82, 2.24) is 5.32 Å². The maximum absolute atomic E-state index is 12.7. The summed E-state index contributed by atoms with van der Waals surface area (Å²) >= 11 is 0. The Labute approximate surface area is 148 Å². The maximum atomic E-state index is 12.7. The molecule has 0 unspecified atom stereocenters. The molecule has 0 aliphatic carbocycles. The van der Waals surface area contributed by atoms with E-state index in [-0.39, 0.29) is 11.8 Å². The van der Waals surface area contributed by atoms with Gasteiger partial charge in [0.2, 0.25) is 11.8 Å². The third kappa shape index (κ3) is 3.73. The molecule has 0 bridgehead atoms. The summed E-state index contributed by atoms with van der Waals surface area (Å²) in [5.41, 5.74) is 4.35. The first-order valence-electron chi connectivity index (χ1n) is 8.77. The van der Waals surface area contributed by atoms with Crippen LogP contribution in [0.5, 0.6) is 0 Å². The summed E-state index contributed by atoms with van der Waals surface area (Å²) in [4.78, 5) is 26.9. The van der Waals surface area contributed by atoms with Gasteiger partial charge in [0.25, 0.3) is 0 Å². The second kappa shape index (κ2) is 7.51. The molecule has 0 radical (unpaired) electrons. The molecule has 130 valence electrons. The van der Waals surface area contributed by atoms with E-state index < -0.39 is 5.92 Å². The second-order valence-electron chi connectivity index (χ2n) is 6.58. The summed E-state index contributed by atoms with van der Waals surface area (Å²) in [5.74, 6) is -0.824. The summed E-state index contributed by atoms with van der Waals surface area (Å²) in [7, 11) is 0. The Balaban J connectivity index is 1.59. The van der Waals surface area contributed by atoms with Gasteiger partial charge in [0.1, 0.15) is 5.92 Å². The lowest BCUT2D eigenvalue weighted by molar-refractivity contribution is -0.132. The molecular formula is C21H24N2O2. The third-order valence-electron chi connectivity index (χ3n) is 4.94. The standard InChI is InChI=1S/C21H24N2O2/c1-15-7-6-10-19(16(15)2)23-14-12-18(21(23)25)20(24)22-13-11-17-8-4-3-5-9-17/h3-10,18H,11-14H2,1-2H3,(H,22,24)/t18-/m0/s1. The fourth-order valence-corrected chi connectivity index (χ4v) is 3.29. The highest BCUT2D eigenvalue weighted by molar-refractivity contribution is 6.09. The predicted molar refractivity (Wildman–Crippen MR) is 99.5 cm³/mol. The number of anilines is 1. The topological polar surface area (TPSA) is 49.4 Å². The van der Waals surface area contributed by atoms with Gasteiger partial charge in [-0.1, -0.05) is 42.5 Å². The fraction of sp³-hybridized carbons (Fsp3) is 0.333. The minimum Gasteiger partial charge on any atom is -0.355 e. The molecule has 1 saturated heterocycles. The SMILES string of the molecule is Cc1cccc(N2CC[C@@H](C(=O)NCCc3ccccc3)C2=O)c1C. The predicted octanol–water partition coefficient (Wildman–Crippen LogP) is 3.02. The summed E-state index contributed by atoms with van der Waals surface area (Å²) < 4.78 is 0. The molecule has 1 aliphatic heterocycles. The number of hydrogen-bond donors (Lipinski definition) is 1. The zero-order valence-corrected chi connectivity index (χ0v) is 14.8. The van der Waals surface area contributed by atoms with Crippen LogP contribution >= 0.6 is 0 Å². The van der Waals surface area contributed by atoms with Crippen LogP contribution in [0.2, 0.25) is 0 Å². The normalized spacial score (nSPS) is 17.0. The number of carbonyl (C=O) groups excluding carboxylic acids is 2. The lowest BCUT2D eigenvalue weighted by Crippen LogP contribution is -2.37. The number of hydrogen-bond acceptors (Lipinski definition) is 2. The van der Waals surface area contributed by atoms with E-state index in [2.05, 4.69) is 5.32 Å². The van der Waals surface area contributed by atoms with Crippen LogP contribution in [0.1, 0.15) is 23.1 Å². The molecule has 1 N–H and O–H groups in total. The van der Waals surface area contributed by atoms with E-state index in [1.54, 1.807) is 4.90 Å². The molecule has 2 aromatic carbocycles. The molecular weight excluding hydrogens is 312 g/mol. The van der Waals surface area contributed by atoms with Crippen molar-refractivity contribution in [1.29, 1.82) is 0 Å².